The molecule has 28 heavy (non-hydrogen) atoms. The zero-order chi connectivity index (χ0) is 20.3. The van der Waals surface area contributed by atoms with Crippen LogP contribution in [0, 0.1) is 6.92 Å². The van der Waals surface area contributed by atoms with Gasteiger partial charge in [0.25, 0.3) is 10.0 Å². The summed E-state index contributed by atoms with van der Waals surface area (Å²) >= 11 is 5.94. The number of hydrogen-bond acceptors (Lipinski definition) is 3. The van der Waals surface area contributed by atoms with Gasteiger partial charge in [0.2, 0.25) is 0 Å². The Hall–Kier alpha value is -2.09. The van der Waals surface area contributed by atoms with E-state index in [4.69, 9.17) is 11.6 Å². The third-order valence-corrected chi connectivity index (χ3v) is 6.93. The molecule has 0 spiro atoms. The number of likely N-dealkylation sites (N-methyl/N-ethyl adjacent to an activating group) is 1. The number of carbonyl (C=O) groups is 1. The predicted molar refractivity (Wildman–Crippen MR) is 109 cm³/mol. The van der Waals surface area contributed by atoms with Gasteiger partial charge in [-0.05, 0) is 36.8 Å². The van der Waals surface area contributed by atoms with E-state index < -0.39 is 16.1 Å². The van der Waals surface area contributed by atoms with Crippen LogP contribution in [0.2, 0.25) is 5.02 Å². The molecule has 1 aliphatic rings. The molecule has 3 rings (SSSR count). The first-order chi connectivity index (χ1) is 13.3. The zero-order valence-electron chi connectivity index (χ0n) is 16.1. The fourth-order valence-electron chi connectivity index (χ4n) is 3.09. The quantitative estimate of drug-likeness (QED) is 0.817. The standard InChI is InChI=1S/C20H24ClN3O3S/c1-16-3-9-19(10-4-16)28(26,27)24(15-17-5-7-18(21)8-6-17)20(25)23-13-11-22(2)12-14-23/h3-10H,11-15H2,1-2H3/p+1. The Morgan fingerprint density at radius 2 is 1.64 bits per heavy atom. The minimum absolute atomic E-state index is 0.0363. The summed E-state index contributed by atoms with van der Waals surface area (Å²) < 4.78 is 27.6. The monoisotopic (exact) mass is 422 g/mol. The molecule has 2 aromatic carbocycles. The maximum atomic E-state index is 13.3. The first kappa shape index (κ1) is 20.6. The third kappa shape index (κ3) is 4.66. The number of quaternary nitrogens is 1. The average Bonchev–Trinajstić information content (AvgIpc) is 2.68. The second kappa shape index (κ2) is 8.51. The summed E-state index contributed by atoms with van der Waals surface area (Å²) in [5.74, 6) is 0. The molecule has 1 heterocycles. The SMILES string of the molecule is Cc1ccc(S(=O)(=O)N(Cc2ccc(Cl)cc2)C(=O)N2CC[NH+](C)CC2)cc1. The molecule has 1 aliphatic heterocycles. The summed E-state index contributed by atoms with van der Waals surface area (Å²) in [5, 5.41) is 0.560. The van der Waals surface area contributed by atoms with Gasteiger partial charge in [-0.15, -0.1) is 0 Å². The molecule has 1 N–H and O–H groups in total. The topological polar surface area (TPSA) is 62.1 Å². The Balaban J connectivity index is 1.94. The fraction of sp³-hybridized carbons (Fsp3) is 0.350. The minimum atomic E-state index is -3.99. The summed E-state index contributed by atoms with van der Waals surface area (Å²) in [6.45, 7) is 4.51. The maximum Gasteiger partial charge on any atom is 0.334 e. The summed E-state index contributed by atoms with van der Waals surface area (Å²) in [6, 6.07) is 12.9. The van der Waals surface area contributed by atoms with Gasteiger partial charge in [0.15, 0.2) is 0 Å². The van der Waals surface area contributed by atoms with Crippen molar-refractivity contribution in [2.24, 2.45) is 0 Å². The lowest BCUT2D eigenvalue weighted by molar-refractivity contribution is -0.883. The molecule has 2 amide bonds. The number of nitrogens with zero attached hydrogens (tertiary/aromatic N) is 2. The van der Waals surface area contributed by atoms with Crippen LogP contribution in [0.15, 0.2) is 53.4 Å². The van der Waals surface area contributed by atoms with Crippen LogP contribution in [0.5, 0.6) is 0 Å². The van der Waals surface area contributed by atoms with E-state index in [1.807, 2.05) is 6.92 Å². The molecule has 0 radical (unpaired) electrons. The number of hydrogen-bond donors (Lipinski definition) is 1. The summed E-state index contributed by atoms with van der Waals surface area (Å²) in [7, 11) is -1.92. The van der Waals surface area contributed by atoms with Crippen molar-refractivity contribution in [3.8, 4) is 0 Å². The highest BCUT2D eigenvalue weighted by molar-refractivity contribution is 7.89. The summed E-state index contributed by atoms with van der Waals surface area (Å²) in [4.78, 5) is 16.3. The maximum absolute atomic E-state index is 13.3. The van der Waals surface area contributed by atoms with E-state index in [-0.39, 0.29) is 11.4 Å². The van der Waals surface area contributed by atoms with E-state index in [2.05, 4.69) is 7.05 Å². The van der Waals surface area contributed by atoms with Crippen molar-refractivity contribution in [3.05, 3.63) is 64.7 Å². The number of rotatable bonds is 4. The van der Waals surface area contributed by atoms with Gasteiger partial charge in [0, 0.05) is 5.02 Å². The van der Waals surface area contributed by atoms with Crippen molar-refractivity contribution >= 4 is 27.7 Å². The van der Waals surface area contributed by atoms with Crippen LogP contribution in [0.4, 0.5) is 4.79 Å². The van der Waals surface area contributed by atoms with Crippen LogP contribution in [-0.4, -0.2) is 56.9 Å². The lowest BCUT2D eigenvalue weighted by Gasteiger charge is -2.34. The van der Waals surface area contributed by atoms with Gasteiger partial charge in [0.05, 0.1) is 44.7 Å². The number of halogens is 1. The Morgan fingerprint density at radius 3 is 2.21 bits per heavy atom. The van der Waals surface area contributed by atoms with Crippen molar-refractivity contribution < 1.29 is 18.1 Å². The molecule has 0 aromatic heterocycles. The molecule has 8 heteroatoms. The van der Waals surface area contributed by atoms with E-state index in [1.165, 1.54) is 4.90 Å². The van der Waals surface area contributed by atoms with E-state index in [9.17, 15) is 13.2 Å². The highest BCUT2D eigenvalue weighted by atomic mass is 35.5. The van der Waals surface area contributed by atoms with Crippen molar-refractivity contribution in [2.45, 2.75) is 18.4 Å². The smallest absolute Gasteiger partial charge is 0.334 e. The van der Waals surface area contributed by atoms with E-state index in [0.29, 0.717) is 23.7 Å². The Morgan fingerprint density at radius 1 is 1.07 bits per heavy atom. The first-order valence-corrected chi connectivity index (χ1v) is 11.0. The normalized spacial score (nSPS) is 15.5. The molecular formula is C20H25ClN3O3S+. The molecular weight excluding hydrogens is 398 g/mol. The number of piperazine rings is 1. The van der Waals surface area contributed by atoms with Crippen LogP contribution >= 0.6 is 11.6 Å². The zero-order valence-corrected chi connectivity index (χ0v) is 17.6. The van der Waals surface area contributed by atoms with Crippen molar-refractivity contribution in [1.82, 2.24) is 9.21 Å². The number of nitrogens with one attached hydrogen (secondary N) is 1. The van der Waals surface area contributed by atoms with Crippen LogP contribution in [0.3, 0.4) is 0 Å². The highest BCUT2D eigenvalue weighted by Crippen LogP contribution is 2.22. The average molecular weight is 423 g/mol. The number of aryl methyl sites for hydroxylation is 1. The van der Waals surface area contributed by atoms with Gasteiger partial charge in [-0.25, -0.2) is 17.5 Å². The van der Waals surface area contributed by atoms with Gasteiger partial charge in [0.1, 0.15) is 0 Å². The Bertz CT molecular complexity index is 922. The molecule has 0 bridgehead atoms. The molecule has 0 aliphatic carbocycles. The van der Waals surface area contributed by atoms with Crippen LogP contribution in [-0.2, 0) is 16.6 Å². The molecule has 0 atom stereocenters. The summed E-state index contributed by atoms with van der Waals surface area (Å²) in [6.07, 6.45) is 0. The minimum Gasteiger partial charge on any atom is -0.334 e. The van der Waals surface area contributed by atoms with Crippen LogP contribution in [0.25, 0.3) is 0 Å². The molecule has 0 saturated carbocycles. The Labute approximate surface area is 171 Å². The summed E-state index contributed by atoms with van der Waals surface area (Å²) in [5.41, 5.74) is 1.66. The molecule has 6 nitrogen and oxygen atoms in total. The molecule has 2 aromatic rings. The second-order valence-corrected chi connectivity index (χ2v) is 9.48. The van der Waals surface area contributed by atoms with E-state index >= 15 is 0 Å². The lowest BCUT2D eigenvalue weighted by atomic mass is 10.2. The van der Waals surface area contributed by atoms with Crippen LogP contribution < -0.4 is 4.90 Å². The molecule has 1 fully saturated rings. The van der Waals surface area contributed by atoms with Gasteiger partial charge in [-0.1, -0.05) is 41.4 Å². The van der Waals surface area contributed by atoms with Gasteiger partial charge in [-0.2, -0.15) is 0 Å². The number of carbonyl (C=O) groups excluding carboxylic acids is 1. The van der Waals surface area contributed by atoms with Gasteiger partial charge >= 0.3 is 6.03 Å². The van der Waals surface area contributed by atoms with Crippen molar-refractivity contribution in [1.29, 1.82) is 0 Å². The van der Waals surface area contributed by atoms with Crippen LogP contribution in [0.1, 0.15) is 11.1 Å². The first-order valence-electron chi connectivity index (χ1n) is 9.21. The molecule has 0 unspecified atom stereocenters. The number of sulfonamides is 1. The van der Waals surface area contributed by atoms with Gasteiger partial charge < -0.3 is 9.80 Å². The predicted octanol–water partition coefficient (Wildman–Crippen LogP) is 1.79. The van der Waals surface area contributed by atoms with Gasteiger partial charge in [-0.3, -0.25) is 0 Å². The Kier molecular flexibility index (Phi) is 6.27. The molecule has 1 saturated heterocycles. The third-order valence-electron chi connectivity index (χ3n) is 4.95. The number of urea groups is 1. The highest BCUT2D eigenvalue weighted by Gasteiger charge is 2.34. The van der Waals surface area contributed by atoms with Crippen molar-refractivity contribution in [2.75, 3.05) is 33.2 Å². The van der Waals surface area contributed by atoms with E-state index in [1.54, 1.807) is 53.4 Å². The van der Waals surface area contributed by atoms with E-state index in [0.717, 1.165) is 23.0 Å². The fourth-order valence-corrected chi connectivity index (χ4v) is 4.59. The van der Waals surface area contributed by atoms with Crippen molar-refractivity contribution in [3.63, 3.8) is 0 Å². The number of benzene rings is 2. The molecule has 150 valence electrons. The second-order valence-electron chi connectivity index (χ2n) is 7.18. The lowest BCUT2D eigenvalue weighted by Crippen LogP contribution is -3.12. The number of amides is 2. The largest absolute Gasteiger partial charge is 0.334 e.